The first kappa shape index (κ1) is 29.0. The summed E-state index contributed by atoms with van der Waals surface area (Å²) in [6.45, 7) is 0. The van der Waals surface area contributed by atoms with E-state index in [1.54, 1.807) is 0 Å². The molecule has 0 rings (SSSR count). The summed E-state index contributed by atoms with van der Waals surface area (Å²) in [5.74, 6) is 0. The molecular formula is C2H8Cl3N-2. The van der Waals surface area contributed by atoms with Gasteiger partial charge < -0.3 is 42.5 Å². The Morgan fingerprint density at radius 1 is 0.833 bits per heavy atom. The molecular weight excluding hydrogens is 144 g/mol. The lowest BCUT2D eigenvalue weighted by Crippen LogP contribution is -3.00. The van der Waals surface area contributed by atoms with Gasteiger partial charge in [0.05, 0.1) is 14.1 Å². The van der Waals surface area contributed by atoms with Crippen LogP contribution in [0.25, 0.3) is 0 Å². The van der Waals surface area contributed by atoms with E-state index >= 15 is 0 Å². The van der Waals surface area contributed by atoms with E-state index in [0.29, 0.717) is 0 Å². The van der Waals surface area contributed by atoms with E-state index in [9.17, 15) is 0 Å². The molecule has 0 aliphatic rings. The molecule has 0 heterocycles. The summed E-state index contributed by atoms with van der Waals surface area (Å²) in [6.07, 6.45) is 0. The fourth-order valence-corrected chi connectivity index (χ4v) is 0. The van der Waals surface area contributed by atoms with Gasteiger partial charge in [-0.2, -0.15) is 0 Å². The van der Waals surface area contributed by atoms with Gasteiger partial charge in [0.1, 0.15) is 0 Å². The van der Waals surface area contributed by atoms with E-state index in [-0.39, 0.29) is 37.2 Å². The van der Waals surface area contributed by atoms with E-state index in [0.717, 1.165) is 0 Å². The van der Waals surface area contributed by atoms with Gasteiger partial charge in [-0.05, 0) is 0 Å². The van der Waals surface area contributed by atoms with Gasteiger partial charge in [0.15, 0.2) is 0 Å². The van der Waals surface area contributed by atoms with Gasteiger partial charge in [-0.3, -0.25) is 0 Å². The zero-order valence-corrected chi connectivity index (χ0v) is 5.98. The lowest BCUT2D eigenvalue weighted by Gasteiger charge is -1.57. The number of nitrogens with two attached hydrogens (primary N) is 1. The van der Waals surface area contributed by atoms with Crippen LogP contribution in [0.15, 0.2) is 0 Å². The molecule has 0 aromatic heterocycles. The Morgan fingerprint density at radius 3 is 0.833 bits per heavy atom. The minimum atomic E-state index is 0. The van der Waals surface area contributed by atoms with Crippen molar-refractivity contribution in [1.82, 2.24) is 0 Å². The molecule has 0 aromatic carbocycles. The Kier molecular flexibility index (Phi) is 196. The molecule has 0 unspecified atom stereocenters. The van der Waals surface area contributed by atoms with Gasteiger partial charge in [-0.1, -0.05) is 0 Å². The third-order valence-corrected chi connectivity index (χ3v) is 0. The molecule has 2 N–H and O–H groups in total. The van der Waals surface area contributed by atoms with Crippen molar-refractivity contribution < 1.29 is 42.5 Å². The van der Waals surface area contributed by atoms with Gasteiger partial charge in [0.2, 0.25) is 0 Å². The number of hydrogen-bond acceptors (Lipinski definition) is 0. The number of halogens is 3. The third kappa shape index (κ3) is 103. The summed E-state index contributed by atoms with van der Waals surface area (Å²) in [4.78, 5) is 0. The average molecular weight is 152 g/mol. The molecule has 0 spiro atoms. The molecule has 0 radical (unpaired) electrons. The minimum Gasteiger partial charge on any atom is -1.00 e. The van der Waals surface area contributed by atoms with Crippen LogP contribution >= 0.6 is 0 Å². The molecule has 0 aliphatic heterocycles. The first-order valence-electron chi connectivity index (χ1n) is 1.15. The van der Waals surface area contributed by atoms with Crippen molar-refractivity contribution in [2.75, 3.05) is 14.1 Å². The first-order chi connectivity index (χ1) is 1.41. The lowest BCUT2D eigenvalue weighted by molar-refractivity contribution is -0.597. The molecule has 6 heavy (non-hydrogen) atoms. The van der Waals surface area contributed by atoms with Crippen LogP contribution in [0.1, 0.15) is 0 Å². The van der Waals surface area contributed by atoms with Crippen molar-refractivity contribution in [2.24, 2.45) is 0 Å². The van der Waals surface area contributed by atoms with Crippen LogP contribution < -0.4 is 42.5 Å². The van der Waals surface area contributed by atoms with Gasteiger partial charge in [-0.15, -0.1) is 0 Å². The van der Waals surface area contributed by atoms with Crippen molar-refractivity contribution in [1.29, 1.82) is 0 Å². The Balaban J connectivity index is -0.00000000667. The second kappa shape index (κ2) is 40.6. The average Bonchev–Trinajstić information content (AvgIpc) is 0.918. The first-order valence-corrected chi connectivity index (χ1v) is 1.15. The Labute approximate surface area is 57.1 Å². The number of quaternary nitrogens is 1. The SMILES string of the molecule is C[NH2+]C.[Cl-].[Cl-].[Cl-]. The smallest absolute Gasteiger partial charge is 0.0647 e. The molecule has 44 valence electrons. The lowest BCUT2D eigenvalue weighted by atomic mass is 11.3. The van der Waals surface area contributed by atoms with Crippen LogP contribution in [-0.4, -0.2) is 14.1 Å². The highest BCUT2D eigenvalue weighted by Crippen LogP contribution is 0.586. The molecule has 0 amide bonds. The second-order valence-corrected chi connectivity index (χ2v) is 0.577. The normalized spacial score (nSPS) is 3.00. The van der Waals surface area contributed by atoms with Gasteiger partial charge in [0, 0.05) is 0 Å². The maximum atomic E-state index is 2.00. The highest BCUT2D eigenvalue weighted by molar-refractivity contribution is 3.35. The summed E-state index contributed by atoms with van der Waals surface area (Å²) >= 11 is 0. The molecule has 0 bridgehead atoms. The summed E-state index contributed by atoms with van der Waals surface area (Å²) in [5.41, 5.74) is 0. The van der Waals surface area contributed by atoms with Crippen LogP contribution in [0.4, 0.5) is 0 Å². The molecule has 0 aromatic rings. The standard InChI is InChI=1S/C2H7N.3ClH/c1-3-2;;;/h3H,1-2H3;3*1H/p-2. The summed E-state index contributed by atoms with van der Waals surface area (Å²) in [7, 11) is 4.00. The highest BCUT2D eigenvalue weighted by atomic mass is 35.5. The summed E-state index contributed by atoms with van der Waals surface area (Å²) in [6, 6.07) is 0. The topological polar surface area (TPSA) is 16.6 Å². The number of rotatable bonds is 0. The molecule has 0 saturated heterocycles. The van der Waals surface area contributed by atoms with E-state index in [4.69, 9.17) is 0 Å². The zero-order valence-electron chi connectivity index (χ0n) is 3.71. The van der Waals surface area contributed by atoms with Gasteiger partial charge in [-0.25, -0.2) is 0 Å². The van der Waals surface area contributed by atoms with Crippen molar-refractivity contribution >= 4 is 0 Å². The Morgan fingerprint density at radius 2 is 0.833 bits per heavy atom. The molecule has 4 heteroatoms. The third-order valence-electron chi connectivity index (χ3n) is 0. The van der Waals surface area contributed by atoms with Crippen LogP contribution in [0.3, 0.4) is 0 Å². The zero-order chi connectivity index (χ0) is 2.71. The maximum Gasteiger partial charge on any atom is 0.0647 e. The maximum absolute atomic E-state index is 2.00. The fourth-order valence-electron chi connectivity index (χ4n) is 0. The number of hydrogen-bond donors (Lipinski definition) is 1. The monoisotopic (exact) mass is 151 g/mol. The molecule has 0 aliphatic carbocycles. The van der Waals surface area contributed by atoms with Crippen molar-refractivity contribution in [3.8, 4) is 0 Å². The Hall–Kier alpha value is 0.830. The highest BCUT2D eigenvalue weighted by Gasteiger charge is 1.29. The van der Waals surface area contributed by atoms with Crippen molar-refractivity contribution in [2.45, 2.75) is 0 Å². The molecule has 0 atom stereocenters. The quantitative estimate of drug-likeness (QED) is 0.355. The molecule has 0 fully saturated rings. The molecule has 1 nitrogen and oxygen atoms in total. The largest absolute Gasteiger partial charge is 1.00 e. The predicted molar refractivity (Wildman–Crippen MR) is 13.8 cm³/mol. The van der Waals surface area contributed by atoms with Crippen LogP contribution in [-0.2, 0) is 0 Å². The van der Waals surface area contributed by atoms with Crippen molar-refractivity contribution in [3.05, 3.63) is 0 Å². The summed E-state index contributed by atoms with van der Waals surface area (Å²) < 4.78 is 0. The minimum absolute atomic E-state index is 0. The van der Waals surface area contributed by atoms with E-state index in [2.05, 4.69) is 0 Å². The van der Waals surface area contributed by atoms with E-state index < -0.39 is 0 Å². The van der Waals surface area contributed by atoms with Crippen LogP contribution in [0, 0.1) is 0 Å². The van der Waals surface area contributed by atoms with Gasteiger partial charge in [0.25, 0.3) is 0 Å². The van der Waals surface area contributed by atoms with Crippen LogP contribution in [0.2, 0.25) is 0 Å². The van der Waals surface area contributed by atoms with Crippen molar-refractivity contribution in [3.63, 3.8) is 0 Å². The predicted octanol–water partition coefficient (Wildman–Crippen LogP) is -10.2. The second-order valence-electron chi connectivity index (χ2n) is 0.577. The Bertz CT molecular complexity index is 8.75. The molecule has 0 saturated carbocycles. The van der Waals surface area contributed by atoms with Gasteiger partial charge >= 0.3 is 0 Å². The van der Waals surface area contributed by atoms with E-state index in [1.165, 1.54) is 0 Å². The fraction of sp³-hybridized carbons (Fsp3) is 1.00. The van der Waals surface area contributed by atoms with Crippen LogP contribution in [0.5, 0.6) is 0 Å². The summed E-state index contributed by atoms with van der Waals surface area (Å²) in [5, 5.41) is 2.00. The van der Waals surface area contributed by atoms with E-state index in [1.807, 2.05) is 19.4 Å².